The summed E-state index contributed by atoms with van der Waals surface area (Å²) in [5, 5.41) is 2.95. The number of nitrogens with one attached hydrogen (secondary N) is 1. The summed E-state index contributed by atoms with van der Waals surface area (Å²) >= 11 is 0. The Kier molecular flexibility index (Phi) is 4.09. The van der Waals surface area contributed by atoms with E-state index >= 15 is 0 Å². The maximum absolute atomic E-state index is 12.4. The monoisotopic (exact) mass is 295 g/mol. The summed E-state index contributed by atoms with van der Waals surface area (Å²) in [4.78, 5) is 19.2. The lowest BCUT2D eigenvalue weighted by Gasteiger charge is -2.17. The first-order valence-corrected chi connectivity index (χ1v) is 7.74. The summed E-state index contributed by atoms with van der Waals surface area (Å²) in [6.07, 6.45) is 2.39. The van der Waals surface area contributed by atoms with Crippen LogP contribution < -0.4 is 10.2 Å². The Morgan fingerprint density at radius 1 is 1.14 bits per heavy atom. The van der Waals surface area contributed by atoms with Crippen molar-refractivity contribution in [2.24, 2.45) is 0 Å². The van der Waals surface area contributed by atoms with Gasteiger partial charge in [0.25, 0.3) is 5.91 Å². The lowest BCUT2D eigenvalue weighted by atomic mass is 10.1. The average molecular weight is 295 g/mol. The van der Waals surface area contributed by atoms with E-state index in [-0.39, 0.29) is 5.91 Å². The quantitative estimate of drug-likeness (QED) is 0.942. The van der Waals surface area contributed by atoms with Crippen LogP contribution in [-0.2, 0) is 0 Å². The summed E-state index contributed by atoms with van der Waals surface area (Å²) in [6.45, 7) is 6.08. The highest BCUT2D eigenvalue weighted by Gasteiger charge is 2.16. The summed E-state index contributed by atoms with van der Waals surface area (Å²) in [6, 6.07) is 11.6. The van der Waals surface area contributed by atoms with Crippen molar-refractivity contribution in [3.8, 4) is 0 Å². The van der Waals surface area contributed by atoms with Gasteiger partial charge < -0.3 is 10.2 Å². The number of rotatable bonds is 3. The molecular formula is C18H21N3O. The van der Waals surface area contributed by atoms with Crippen LogP contribution in [0.2, 0.25) is 0 Å². The third-order valence-corrected chi connectivity index (χ3v) is 4.03. The molecule has 4 nitrogen and oxygen atoms in total. The van der Waals surface area contributed by atoms with E-state index in [9.17, 15) is 4.79 Å². The van der Waals surface area contributed by atoms with Gasteiger partial charge in [0.2, 0.25) is 0 Å². The zero-order chi connectivity index (χ0) is 15.5. The van der Waals surface area contributed by atoms with Crippen LogP contribution in [0.1, 0.15) is 34.5 Å². The molecule has 1 aliphatic rings. The fourth-order valence-corrected chi connectivity index (χ4v) is 2.81. The Balaban J connectivity index is 1.78. The molecule has 1 aromatic heterocycles. The van der Waals surface area contributed by atoms with Crippen molar-refractivity contribution in [2.75, 3.05) is 23.3 Å². The minimum absolute atomic E-state index is 0.159. The van der Waals surface area contributed by atoms with Gasteiger partial charge in [0.05, 0.1) is 0 Å². The number of carbonyl (C=O) groups is 1. The summed E-state index contributed by atoms with van der Waals surface area (Å²) in [5.41, 5.74) is 3.54. The SMILES string of the molecule is Cc1ccc(NC(=O)c2cccc(N3CCCC3)n2)c(C)c1. The fraction of sp³-hybridized carbons (Fsp3) is 0.333. The van der Waals surface area contributed by atoms with E-state index in [2.05, 4.69) is 21.3 Å². The van der Waals surface area contributed by atoms with E-state index in [1.807, 2.05) is 38.1 Å². The van der Waals surface area contributed by atoms with Crippen LogP contribution >= 0.6 is 0 Å². The van der Waals surface area contributed by atoms with Crippen LogP contribution in [0, 0.1) is 13.8 Å². The number of aromatic nitrogens is 1. The summed E-state index contributed by atoms with van der Waals surface area (Å²) < 4.78 is 0. The normalized spacial score (nSPS) is 14.2. The second-order valence-corrected chi connectivity index (χ2v) is 5.85. The molecule has 114 valence electrons. The highest BCUT2D eigenvalue weighted by molar-refractivity contribution is 6.03. The minimum atomic E-state index is -0.159. The molecule has 2 aromatic rings. The van der Waals surface area contributed by atoms with Crippen LogP contribution in [0.15, 0.2) is 36.4 Å². The summed E-state index contributed by atoms with van der Waals surface area (Å²) in [7, 11) is 0. The zero-order valence-corrected chi connectivity index (χ0v) is 13.1. The lowest BCUT2D eigenvalue weighted by molar-refractivity contribution is 0.102. The molecule has 0 radical (unpaired) electrons. The Morgan fingerprint density at radius 3 is 2.64 bits per heavy atom. The van der Waals surface area contributed by atoms with Gasteiger partial charge in [-0.25, -0.2) is 4.98 Å². The highest BCUT2D eigenvalue weighted by Crippen LogP contribution is 2.20. The highest BCUT2D eigenvalue weighted by atomic mass is 16.1. The number of amides is 1. The third kappa shape index (κ3) is 3.11. The number of hydrogen-bond donors (Lipinski definition) is 1. The topological polar surface area (TPSA) is 45.2 Å². The first-order valence-electron chi connectivity index (χ1n) is 7.74. The van der Waals surface area contributed by atoms with Crippen molar-refractivity contribution < 1.29 is 4.79 Å². The van der Waals surface area contributed by atoms with Crippen LogP contribution in [-0.4, -0.2) is 24.0 Å². The van der Waals surface area contributed by atoms with Crippen molar-refractivity contribution in [3.63, 3.8) is 0 Å². The van der Waals surface area contributed by atoms with Crippen molar-refractivity contribution >= 4 is 17.4 Å². The maximum atomic E-state index is 12.4. The molecule has 0 unspecified atom stereocenters. The molecule has 1 amide bonds. The van der Waals surface area contributed by atoms with Gasteiger partial charge in [0.15, 0.2) is 0 Å². The first-order chi connectivity index (χ1) is 10.6. The van der Waals surface area contributed by atoms with E-state index < -0.39 is 0 Å². The van der Waals surface area contributed by atoms with Gasteiger partial charge in [-0.15, -0.1) is 0 Å². The molecule has 0 aliphatic carbocycles. The van der Waals surface area contributed by atoms with Crippen LogP contribution in [0.5, 0.6) is 0 Å². The van der Waals surface area contributed by atoms with Crippen LogP contribution in [0.25, 0.3) is 0 Å². The molecule has 1 saturated heterocycles. The Bertz CT molecular complexity index is 690. The minimum Gasteiger partial charge on any atom is -0.357 e. The van der Waals surface area contributed by atoms with Crippen LogP contribution in [0.4, 0.5) is 11.5 Å². The Hall–Kier alpha value is -2.36. The first kappa shape index (κ1) is 14.6. The smallest absolute Gasteiger partial charge is 0.274 e. The van der Waals surface area contributed by atoms with Gasteiger partial charge in [0, 0.05) is 18.8 Å². The van der Waals surface area contributed by atoms with E-state index in [0.717, 1.165) is 30.2 Å². The van der Waals surface area contributed by atoms with Gasteiger partial charge in [-0.05, 0) is 50.5 Å². The molecule has 3 rings (SSSR count). The Labute approximate surface area is 131 Å². The van der Waals surface area contributed by atoms with Gasteiger partial charge in [-0.2, -0.15) is 0 Å². The summed E-state index contributed by atoms with van der Waals surface area (Å²) in [5.74, 6) is 0.735. The van der Waals surface area contributed by atoms with Crippen molar-refractivity contribution in [3.05, 3.63) is 53.2 Å². The maximum Gasteiger partial charge on any atom is 0.274 e. The second kappa shape index (κ2) is 6.18. The van der Waals surface area contributed by atoms with Crippen molar-refractivity contribution in [1.29, 1.82) is 0 Å². The van der Waals surface area contributed by atoms with Crippen molar-refractivity contribution in [1.82, 2.24) is 4.98 Å². The predicted octanol–water partition coefficient (Wildman–Crippen LogP) is 3.55. The number of pyridine rings is 1. The molecule has 1 aromatic carbocycles. The Morgan fingerprint density at radius 2 is 1.91 bits per heavy atom. The molecule has 0 bridgehead atoms. The molecule has 2 heterocycles. The molecule has 0 saturated carbocycles. The van der Waals surface area contributed by atoms with E-state index in [0.29, 0.717) is 5.69 Å². The zero-order valence-electron chi connectivity index (χ0n) is 13.1. The number of anilines is 2. The van der Waals surface area contributed by atoms with Gasteiger partial charge in [0.1, 0.15) is 11.5 Å². The second-order valence-electron chi connectivity index (χ2n) is 5.85. The molecule has 1 N–H and O–H groups in total. The van der Waals surface area contributed by atoms with Gasteiger partial charge >= 0.3 is 0 Å². The standard InChI is InChI=1S/C18H21N3O/c1-13-8-9-15(14(2)12-13)20-18(22)16-6-5-7-17(19-16)21-10-3-4-11-21/h5-9,12H,3-4,10-11H2,1-2H3,(H,20,22). The van der Waals surface area contributed by atoms with Crippen molar-refractivity contribution in [2.45, 2.75) is 26.7 Å². The molecule has 1 fully saturated rings. The lowest BCUT2D eigenvalue weighted by Crippen LogP contribution is -2.21. The number of aryl methyl sites for hydroxylation is 2. The molecular weight excluding hydrogens is 274 g/mol. The molecule has 1 aliphatic heterocycles. The third-order valence-electron chi connectivity index (χ3n) is 4.03. The average Bonchev–Trinajstić information content (AvgIpc) is 3.04. The van der Waals surface area contributed by atoms with Crippen LogP contribution in [0.3, 0.4) is 0 Å². The number of nitrogens with zero attached hydrogens (tertiary/aromatic N) is 2. The predicted molar refractivity (Wildman–Crippen MR) is 89.6 cm³/mol. The number of hydrogen-bond acceptors (Lipinski definition) is 3. The van der Waals surface area contributed by atoms with E-state index in [4.69, 9.17) is 0 Å². The van der Waals surface area contributed by atoms with E-state index in [1.165, 1.54) is 18.4 Å². The van der Waals surface area contributed by atoms with E-state index in [1.54, 1.807) is 6.07 Å². The van der Waals surface area contributed by atoms with Gasteiger partial charge in [-0.3, -0.25) is 4.79 Å². The molecule has 22 heavy (non-hydrogen) atoms. The number of carbonyl (C=O) groups excluding carboxylic acids is 1. The fourth-order valence-electron chi connectivity index (χ4n) is 2.81. The number of benzene rings is 1. The molecule has 4 heteroatoms. The largest absolute Gasteiger partial charge is 0.357 e. The molecule has 0 atom stereocenters. The molecule has 0 spiro atoms. The van der Waals surface area contributed by atoms with Gasteiger partial charge in [-0.1, -0.05) is 23.8 Å².